The van der Waals surface area contributed by atoms with Gasteiger partial charge in [-0.15, -0.1) is 11.3 Å². The Labute approximate surface area is 148 Å². The van der Waals surface area contributed by atoms with Gasteiger partial charge in [0.2, 0.25) is 0 Å². The third-order valence-corrected chi connectivity index (χ3v) is 4.17. The average molecular weight is 357 g/mol. The number of rotatable bonds is 7. The molecule has 1 amide bonds. The maximum atomic E-state index is 12.0. The molecule has 2 rings (SSSR count). The Morgan fingerprint density at radius 1 is 1.32 bits per heavy atom. The van der Waals surface area contributed by atoms with Crippen molar-refractivity contribution in [3.05, 3.63) is 52.0 Å². The number of carbonyl (C=O) groups excluding carboxylic acids is 3. The maximum absolute atomic E-state index is 12.0. The number of ketones is 1. The summed E-state index contributed by atoms with van der Waals surface area (Å²) in [4.78, 5) is 39.6. The molecule has 0 aliphatic heterocycles. The number of hydrogen-bond donors (Lipinski definition) is 1. The molecule has 1 aromatic heterocycles. The number of aromatic nitrogens is 1. The molecule has 1 heterocycles. The molecule has 1 aromatic carbocycles. The molecule has 0 unspecified atom stereocenters. The van der Waals surface area contributed by atoms with E-state index in [0.29, 0.717) is 16.3 Å². The Hall–Kier alpha value is -3.05. The predicted octanol–water partition coefficient (Wildman–Crippen LogP) is 1.60. The minimum absolute atomic E-state index is 0.366. The number of thiazole rings is 1. The highest BCUT2D eigenvalue weighted by atomic mass is 32.1. The van der Waals surface area contributed by atoms with E-state index in [1.807, 2.05) is 6.07 Å². The third-order valence-electron chi connectivity index (χ3n) is 3.14. The summed E-state index contributed by atoms with van der Waals surface area (Å²) in [6, 6.07) is 10.3. The van der Waals surface area contributed by atoms with E-state index < -0.39 is 30.2 Å². The number of aryl methyl sites for hydroxylation is 1. The lowest BCUT2D eigenvalue weighted by Gasteiger charge is -2.08. The van der Waals surface area contributed by atoms with Gasteiger partial charge in [-0.3, -0.25) is 14.4 Å². The van der Waals surface area contributed by atoms with Gasteiger partial charge in [0.05, 0.1) is 6.07 Å². The van der Waals surface area contributed by atoms with Crippen molar-refractivity contribution in [2.75, 3.05) is 13.2 Å². The van der Waals surface area contributed by atoms with Gasteiger partial charge in [0.25, 0.3) is 5.91 Å². The molecule has 0 saturated heterocycles. The van der Waals surface area contributed by atoms with Crippen molar-refractivity contribution in [2.45, 2.75) is 12.8 Å². The van der Waals surface area contributed by atoms with Crippen molar-refractivity contribution in [1.29, 1.82) is 5.26 Å². The monoisotopic (exact) mass is 357 g/mol. The van der Waals surface area contributed by atoms with Crippen molar-refractivity contribution >= 4 is 29.0 Å². The lowest BCUT2D eigenvalue weighted by Crippen LogP contribution is -2.32. The van der Waals surface area contributed by atoms with E-state index >= 15 is 0 Å². The summed E-state index contributed by atoms with van der Waals surface area (Å²) in [7, 11) is 0. The predicted molar refractivity (Wildman–Crippen MR) is 89.9 cm³/mol. The van der Waals surface area contributed by atoms with Crippen LogP contribution in [-0.4, -0.2) is 35.8 Å². The van der Waals surface area contributed by atoms with Gasteiger partial charge in [-0.1, -0.05) is 18.2 Å². The molecule has 0 aliphatic rings. The van der Waals surface area contributed by atoms with Crippen LogP contribution in [0.25, 0.3) is 0 Å². The van der Waals surface area contributed by atoms with Gasteiger partial charge in [0.15, 0.2) is 18.3 Å². The van der Waals surface area contributed by atoms with E-state index in [-0.39, 0.29) is 6.54 Å². The van der Waals surface area contributed by atoms with Crippen LogP contribution in [0.2, 0.25) is 0 Å². The van der Waals surface area contributed by atoms with Gasteiger partial charge < -0.3 is 10.1 Å². The van der Waals surface area contributed by atoms with Gasteiger partial charge in [-0.25, -0.2) is 4.98 Å². The van der Waals surface area contributed by atoms with Gasteiger partial charge in [0.1, 0.15) is 11.6 Å². The summed E-state index contributed by atoms with van der Waals surface area (Å²) in [5.74, 6) is -2.80. The van der Waals surface area contributed by atoms with Crippen LogP contribution >= 0.6 is 11.3 Å². The lowest BCUT2D eigenvalue weighted by atomic mass is 10.1. The van der Waals surface area contributed by atoms with Crippen molar-refractivity contribution in [1.82, 2.24) is 10.3 Å². The molecule has 2 aromatic rings. The van der Waals surface area contributed by atoms with Crippen LogP contribution in [0.3, 0.4) is 0 Å². The summed E-state index contributed by atoms with van der Waals surface area (Å²) in [6.07, 6.45) is 0. The van der Waals surface area contributed by atoms with Crippen molar-refractivity contribution in [3.63, 3.8) is 0 Å². The second-order valence-electron chi connectivity index (χ2n) is 5.06. The topological polar surface area (TPSA) is 109 Å². The molecular weight excluding hydrogens is 342 g/mol. The molecule has 0 aliphatic carbocycles. The minimum Gasteiger partial charge on any atom is -0.456 e. The van der Waals surface area contributed by atoms with Crippen molar-refractivity contribution in [3.8, 4) is 6.07 Å². The summed E-state index contributed by atoms with van der Waals surface area (Å²) >= 11 is 1.20. The molecule has 0 bridgehead atoms. The van der Waals surface area contributed by atoms with E-state index in [0.717, 1.165) is 0 Å². The number of benzene rings is 1. The van der Waals surface area contributed by atoms with Crippen LogP contribution in [0.5, 0.6) is 0 Å². The van der Waals surface area contributed by atoms with Gasteiger partial charge in [0, 0.05) is 16.6 Å². The highest BCUT2D eigenvalue weighted by Gasteiger charge is 2.24. The molecule has 128 valence electrons. The second kappa shape index (κ2) is 8.70. The fraction of sp³-hybridized carbons (Fsp3) is 0.235. The largest absolute Gasteiger partial charge is 0.456 e. The highest BCUT2D eigenvalue weighted by molar-refractivity contribution is 7.09. The molecule has 25 heavy (non-hydrogen) atoms. The number of nitriles is 1. The molecule has 0 radical (unpaired) electrons. The minimum atomic E-state index is -1.06. The second-order valence-corrected chi connectivity index (χ2v) is 5.95. The molecule has 0 spiro atoms. The van der Waals surface area contributed by atoms with Crippen LogP contribution in [0.4, 0.5) is 0 Å². The first-order valence-corrected chi connectivity index (χ1v) is 8.22. The van der Waals surface area contributed by atoms with Crippen LogP contribution in [0, 0.1) is 18.3 Å². The number of carbonyl (C=O) groups is 3. The number of Topliss-reactive ketones (excluding diaryl/α,β-unsaturated/α-hetero) is 1. The summed E-state index contributed by atoms with van der Waals surface area (Å²) in [6.45, 7) is 0.847. The molecule has 1 atom stereocenters. The number of amides is 1. The van der Waals surface area contributed by atoms with E-state index in [1.165, 1.54) is 11.3 Å². The number of nitrogens with one attached hydrogen (secondary N) is 1. The Morgan fingerprint density at radius 2 is 2.04 bits per heavy atom. The zero-order chi connectivity index (χ0) is 18.2. The quantitative estimate of drug-likeness (QED) is 0.754. The highest BCUT2D eigenvalue weighted by Crippen LogP contribution is 2.20. The number of esters is 1. The van der Waals surface area contributed by atoms with E-state index in [9.17, 15) is 14.4 Å². The smallest absolute Gasteiger partial charge is 0.325 e. The Balaban J connectivity index is 1.80. The van der Waals surface area contributed by atoms with Crippen LogP contribution in [-0.2, 0) is 14.3 Å². The standard InChI is InChI=1S/C17H15N3O4S/c1-11-10-25-17(20-11)13(7-18)14(21)9-24-15(22)8-19-16(23)12-5-3-2-4-6-12/h2-6,10,13H,8-9H2,1H3,(H,19,23)/t13-/m1/s1. The Kier molecular flexibility index (Phi) is 6.37. The van der Waals surface area contributed by atoms with Gasteiger partial charge in [-0.05, 0) is 19.1 Å². The molecule has 8 heteroatoms. The maximum Gasteiger partial charge on any atom is 0.325 e. The first-order chi connectivity index (χ1) is 12.0. The summed E-state index contributed by atoms with van der Waals surface area (Å²) in [5.41, 5.74) is 1.13. The van der Waals surface area contributed by atoms with Crippen molar-refractivity contribution in [2.24, 2.45) is 0 Å². The Bertz CT molecular complexity index is 811. The summed E-state index contributed by atoms with van der Waals surface area (Å²) in [5, 5.41) is 13.6. The van der Waals surface area contributed by atoms with E-state index in [2.05, 4.69) is 10.3 Å². The van der Waals surface area contributed by atoms with E-state index in [4.69, 9.17) is 10.00 Å². The summed E-state index contributed by atoms with van der Waals surface area (Å²) < 4.78 is 4.82. The zero-order valence-corrected chi connectivity index (χ0v) is 14.2. The molecule has 7 nitrogen and oxygen atoms in total. The van der Waals surface area contributed by atoms with E-state index in [1.54, 1.807) is 42.6 Å². The average Bonchev–Trinajstić information content (AvgIpc) is 3.05. The first kappa shape index (κ1) is 18.3. The van der Waals surface area contributed by atoms with Crippen LogP contribution in [0.1, 0.15) is 27.0 Å². The lowest BCUT2D eigenvalue weighted by molar-refractivity contribution is -0.146. The first-order valence-electron chi connectivity index (χ1n) is 7.34. The number of ether oxygens (including phenoxy) is 1. The van der Waals surface area contributed by atoms with Crippen molar-refractivity contribution < 1.29 is 19.1 Å². The molecule has 0 fully saturated rings. The normalized spacial score (nSPS) is 11.2. The van der Waals surface area contributed by atoms with Gasteiger partial charge >= 0.3 is 5.97 Å². The number of nitrogens with zero attached hydrogens (tertiary/aromatic N) is 2. The van der Waals surface area contributed by atoms with Gasteiger partial charge in [-0.2, -0.15) is 5.26 Å². The SMILES string of the molecule is Cc1csc([C@H](C#N)C(=O)COC(=O)CNC(=O)c2ccccc2)n1. The molecule has 1 N–H and O–H groups in total. The fourth-order valence-electron chi connectivity index (χ4n) is 1.90. The molecular formula is C17H15N3O4S. The Morgan fingerprint density at radius 3 is 2.64 bits per heavy atom. The van der Waals surface area contributed by atoms with Crippen LogP contribution < -0.4 is 5.32 Å². The van der Waals surface area contributed by atoms with Crippen LogP contribution in [0.15, 0.2) is 35.7 Å². The fourth-order valence-corrected chi connectivity index (χ4v) is 2.76. The molecule has 0 saturated carbocycles. The zero-order valence-electron chi connectivity index (χ0n) is 13.4. The third kappa shape index (κ3) is 5.22. The number of hydrogen-bond acceptors (Lipinski definition) is 7.